The Morgan fingerprint density at radius 1 is 0.970 bits per heavy atom. The Hall–Kier alpha value is -3.76. The highest BCUT2D eigenvalue weighted by Crippen LogP contribution is 2.21. The second-order valence-corrected chi connectivity index (χ2v) is 7.73. The molecule has 0 saturated carbocycles. The van der Waals surface area contributed by atoms with E-state index in [4.69, 9.17) is 0 Å². The van der Waals surface area contributed by atoms with E-state index < -0.39 is 35.0 Å². The number of benzene rings is 2. The highest BCUT2D eigenvalue weighted by atomic mass is 19.1. The zero-order chi connectivity index (χ0) is 23.5. The van der Waals surface area contributed by atoms with Gasteiger partial charge in [-0.3, -0.25) is 9.59 Å². The van der Waals surface area contributed by atoms with Gasteiger partial charge in [0.1, 0.15) is 34.9 Å². The normalized spacial score (nSPS) is 14.9. The fraction of sp³-hybridized carbons (Fsp3) is 0.318. The molecule has 2 heterocycles. The van der Waals surface area contributed by atoms with Gasteiger partial charge in [-0.15, -0.1) is 5.10 Å². The lowest BCUT2D eigenvalue weighted by Crippen LogP contribution is -2.52. The minimum Gasteiger partial charge on any atom is -0.337 e. The summed E-state index contributed by atoms with van der Waals surface area (Å²) in [6.45, 7) is 2.22. The number of hydrogen-bond donors (Lipinski definition) is 0. The third-order valence-corrected chi connectivity index (χ3v) is 5.61. The van der Waals surface area contributed by atoms with E-state index in [2.05, 4.69) is 15.5 Å². The first-order valence-electron chi connectivity index (χ1n) is 10.4. The summed E-state index contributed by atoms with van der Waals surface area (Å²) >= 11 is 0. The molecule has 3 aromatic rings. The summed E-state index contributed by atoms with van der Waals surface area (Å²) in [6.07, 6.45) is 0.169. The lowest BCUT2D eigenvalue weighted by molar-refractivity contribution is -0.136. The lowest BCUT2D eigenvalue weighted by atomic mass is 10.0. The number of carbonyl (C=O) groups is 2. The number of rotatable bonds is 5. The van der Waals surface area contributed by atoms with E-state index in [9.17, 15) is 22.8 Å². The topological polar surface area (TPSA) is 84.2 Å². The molecule has 0 N–H and O–H groups in total. The van der Waals surface area contributed by atoms with E-state index >= 15 is 0 Å². The van der Waals surface area contributed by atoms with Gasteiger partial charge in [-0.25, -0.2) is 17.9 Å². The number of aromatic nitrogens is 4. The number of nitrogens with zero attached hydrogens (tertiary/aromatic N) is 6. The van der Waals surface area contributed by atoms with Crippen molar-refractivity contribution in [1.82, 2.24) is 30.0 Å². The van der Waals surface area contributed by atoms with Crippen molar-refractivity contribution >= 4 is 11.8 Å². The van der Waals surface area contributed by atoms with Gasteiger partial charge in [-0.05, 0) is 47.2 Å². The van der Waals surface area contributed by atoms with Crippen molar-refractivity contribution in [3.8, 4) is 0 Å². The summed E-state index contributed by atoms with van der Waals surface area (Å²) in [6, 6.07) is 8.37. The van der Waals surface area contributed by atoms with Crippen LogP contribution in [0.1, 0.15) is 27.8 Å². The Morgan fingerprint density at radius 2 is 1.61 bits per heavy atom. The van der Waals surface area contributed by atoms with Gasteiger partial charge in [0, 0.05) is 32.6 Å². The molecule has 1 saturated heterocycles. The Bertz CT molecular complexity index is 1160. The number of piperazine rings is 1. The number of aryl methyl sites for hydroxylation is 1. The average molecular weight is 458 g/mol. The van der Waals surface area contributed by atoms with E-state index in [1.807, 2.05) is 0 Å². The van der Waals surface area contributed by atoms with Gasteiger partial charge in [0.15, 0.2) is 0 Å². The molecule has 1 unspecified atom stereocenters. The van der Waals surface area contributed by atoms with Gasteiger partial charge in [0.05, 0.1) is 0 Å². The van der Waals surface area contributed by atoms with Crippen molar-refractivity contribution < 1.29 is 22.8 Å². The molecule has 1 atom stereocenters. The average Bonchev–Trinajstić information content (AvgIpc) is 3.22. The molecule has 33 heavy (non-hydrogen) atoms. The van der Waals surface area contributed by atoms with Gasteiger partial charge in [-0.1, -0.05) is 18.2 Å². The Labute approximate surface area is 187 Å². The van der Waals surface area contributed by atoms with E-state index in [0.717, 1.165) is 12.1 Å². The number of halogens is 3. The van der Waals surface area contributed by atoms with Crippen LogP contribution in [0, 0.1) is 24.4 Å². The first-order chi connectivity index (χ1) is 15.8. The van der Waals surface area contributed by atoms with E-state index in [1.165, 1.54) is 27.8 Å². The molecule has 2 amide bonds. The van der Waals surface area contributed by atoms with Crippen molar-refractivity contribution in [3.05, 3.63) is 76.9 Å². The van der Waals surface area contributed by atoms with Crippen LogP contribution in [0.3, 0.4) is 0 Å². The molecule has 172 valence electrons. The van der Waals surface area contributed by atoms with Crippen LogP contribution < -0.4 is 0 Å². The number of amides is 2. The Morgan fingerprint density at radius 3 is 2.21 bits per heavy atom. The second-order valence-electron chi connectivity index (χ2n) is 7.73. The van der Waals surface area contributed by atoms with Crippen LogP contribution in [0.4, 0.5) is 13.2 Å². The predicted octanol–water partition coefficient (Wildman–Crippen LogP) is 2.17. The minimum absolute atomic E-state index is 0.111. The van der Waals surface area contributed by atoms with Gasteiger partial charge >= 0.3 is 0 Å². The summed E-state index contributed by atoms with van der Waals surface area (Å²) in [5.74, 6) is -2.90. The minimum atomic E-state index is -0.928. The number of tetrazole rings is 1. The van der Waals surface area contributed by atoms with Crippen LogP contribution in [-0.4, -0.2) is 68.0 Å². The molecule has 1 aliphatic heterocycles. The van der Waals surface area contributed by atoms with E-state index in [0.29, 0.717) is 11.4 Å². The van der Waals surface area contributed by atoms with E-state index in [1.54, 1.807) is 24.0 Å². The summed E-state index contributed by atoms with van der Waals surface area (Å²) in [4.78, 5) is 28.9. The van der Waals surface area contributed by atoms with Crippen molar-refractivity contribution in [2.45, 2.75) is 19.4 Å². The third kappa shape index (κ3) is 4.71. The van der Waals surface area contributed by atoms with Crippen LogP contribution in [0.2, 0.25) is 0 Å². The third-order valence-electron chi connectivity index (χ3n) is 5.61. The fourth-order valence-corrected chi connectivity index (χ4v) is 3.89. The number of carbonyl (C=O) groups excluding carboxylic acids is 2. The molecule has 1 fully saturated rings. The van der Waals surface area contributed by atoms with Crippen molar-refractivity contribution in [2.75, 3.05) is 26.2 Å². The molecule has 0 aliphatic carbocycles. The molecule has 11 heteroatoms. The van der Waals surface area contributed by atoms with E-state index in [-0.39, 0.29) is 38.5 Å². The summed E-state index contributed by atoms with van der Waals surface area (Å²) in [5.41, 5.74) is -0.00216. The van der Waals surface area contributed by atoms with Crippen LogP contribution in [0.15, 0.2) is 42.5 Å². The van der Waals surface area contributed by atoms with Crippen molar-refractivity contribution in [3.63, 3.8) is 0 Å². The largest absolute Gasteiger partial charge is 0.337 e. The smallest absolute Gasteiger partial charge is 0.259 e. The molecule has 2 aromatic carbocycles. The molecule has 1 aromatic heterocycles. The maximum atomic E-state index is 14.0. The Balaban J connectivity index is 1.49. The molecule has 0 spiro atoms. The molecular weight excluding hydrogens is 437 g/mol. The van der Waals surface area contributed by atoms with Gasteiger partial charge in [0.2, 0.25) is 5.91 Å². The van der Waals surface area contributed by atoms with Crippen LogP contribution in [0.5, 0.6) is 0 Å². The Kier molecular flexibility index (Phi) is 6.38. The van der Waals surface area contributed by atoms with Gasteiger partial charge in [0.25, 0.3) is 5.91 Å². The van der Waals surface area contributed by atoms with Crippen molar-refractivity contribution in [2.24, 2.45) is 0 Å². The molecule has 0 radical (unpaired) electrons. The van der Waals surface area contributed by atoms with Gasteiger partial charge < -0.3 is 9.80 Å². The quantitative estimate of drug-likeness (QED) is 0.585. The molecule has 8 nitrogen and oxygen atoms in total. The summed E-state index contributed by atoms with van der Waals surface area (Å²) in [5, 5.41) is 11.4. The molecule has 0 bridgehead atoms. The molecule has 1 aliphatic rings. The fourth-order valence-electron chi connectivity index (χ4n) is 3.89. The summed E-state index contributed by atoms with van der Waals surface area (Å²) in [7, 11) is 0. The zero-order valence-corrected chi connectivity index (χ0v) is 17.8. The van der Waals surface area contributed by atoms with Crippen molar-refractivity contribution in [1.29, 1.82) is 0 Å². The van der Waals surface area contributed by atoms with Crippen LogP contribution >= 0.6 is 0 Å². The van der Waals surface area contributed by atoms with Crippen LogP contribution in [-0.2, 0) is 11.2 Å². The van der Waals surface area contributed by atoms with Gasteiger partial charge in [-0.2, -0.15) is 0 Å². The summed E-state index contributed by atoms with van der Waals surface area (Å²) < 4.78 is 43.1. The molecule has 4 rings (SSSR count). The SMILES string of the molecule is Cc1nnnn1C(Cc1cccc(F)c1)C(=O)N1CCN(C(=O)c2c(F)cccc2F)CC1. The zero-order valence-electron chi connectivity index (χ0n) is 17.8. The molecular formula is C22H21F3N6O2. The standard InChI is InChI=1S/C22H21F3N6O2/c1-14-26-27-28-31(14)19(13-15-4-2-5-16(23)12-15)21(32)29-8-10-30(11-9-29)22(33)20-17(24)6-3-7-18(20)25/h2-7,12,19H,8-11,13H2,1H3. The lowest BCUT2D eigenvalue weighted by Gasteiger charge is -2.36. The number of hydrogen-bond acceptors (Lipinski definition) is 5. The highest BCUT2D eigenvalue weighted by Gasteiger charge is 2.33. The second kappa shape index (κ2) is 9.39. The maximum absolute atomic E-state index is 14.0. The van der Waals surface area contributed by atoms with Crippen LogP contribution in [0.25, 0.3) is 0 Å². The highest BCUT2D eigenvalue weighted by molar-refractivity contribution is 5.95. The monoisotopic (exact) mass is 458 g/mol. The first kappa shape index (κ1) is 22.4. The first-order valence-corrected chi connectivity index (χ1v) is 10.4. The maximum Gasteiger partial charge on any atom is 0.259 e. The predicted molar refractivity (Wildman–Crippen MR) is 111 cm³/mol.